The van der Waals surface area contributed by atoms with E-state index in [4.69, 9.17) is 5.73 Å². The molecular formula is C7H14N2O3. The van der Waals surface area contributed by atoms with Crippen LogP contribution in [0.4, 0.5) is 0 Å². The summed E-state index contributed by atoms with van der Waals surface area (Å²) in [5.41, 5.74) is 5.02. The molecule has 0 fully saturated rings. The summed E-state index contributed by atoms with van der Waals surface area (Å²) in [6.45, 7) is 1.82. The van der Waals surface area contributed by atoms with Crippen LogP contribution in [0.3, 0.4) is 0 Å². The highest BCUT2D eigenvalue weighted by Crippen LogP contribution is 1.88. The van der Waals surface area contributed by atoms with Gasteiger partial charge in [-0.2, -0.15) is 0 Å². The molecule has 0 saturated heterocycles. The number of carbonyl (C=O) groups is 2. The Labute approximate surface area is 71.3 Å². The van der Waals surface area contributed by atoms with Crippen molar-refractivity contribution in [3.63, 3.8) is 0 Å². The Morgan fingerprint density at radius 1 is 1.58 bits per heavy atom. The first-order valence-corrected chi connectivity index (χ1v) is 3.71. The van der Waals surface area contributed by atoms with Gasteiger partial charge in [-0.1, -0.05) is 6.92 Å². The zero-order valence-electron chi connectivity index (χ0n) is 7.29. The minimum atomic E-state index is -0.457. The lowest BCUT2D eigenvalue weighted by Gasteiger charge is -2.11. The number of hydrogen-bond donors (Lipinski definition) is 2. The maximum atomic E-state index is 10.6. The summed E-state index contributed by atoms with van der Waals surface area (Å²) in [4.78, 5) is 21.3. The highest BCUT2D eigenvalue weighted by Gasteiger charge is 2.12. The molecule has 1 atom stereocenters. The van der Waals surface area contributed by atoms with Gasteiger partial charge in [-0.05, 0) is 6.42 Å². The average molecular weight is 174 g/mol. The second-order valence-corrected chi connectivity index (χ2v) is 2.32. The van der Waals surface area contributed by atoms with Crippen LogP contribution in [0.1, 0.15) is 13.3 Å². The monoisotopic (exact) mass is 174 g/mol. The summed E-state index contributed by atoms with van der Waals surface area (Å²) in [5, 5.41) is 2.67. The molecule has 0 heterocycles. The van der Waals surface area contributed by atoms with Crippen molar-refractivity contribution in [3.8, 4) is 0 Å². The van der Waals surface area contributed by atoms with E-state index in [9.17, 15) is 9.59 Å². The van der Waals surface area contributed by atoms with Crippen LogP contribution >= 0.6 is 0 Å². The first-order valence-electron chi connectivity index (χ1n) is 3.71. The summed E-state index contributed by atoms with van der Waals surface area (Å²) in [6.07, 6.45) is 0.562. The summed E-state index contributed by atoms with van der Waals surface area (Å²) in [6, 6.07) is -0.455. The number of primary amides is 1. The molecular weight excluding hydrogens is 160 g/mol. The van der Waals surface area contributed by atoms with Gasteiger partial charge in [-0.25, -0.2) is 0 Å². The number of ether oxygens (including phenoxy) is 1. The van der Waals surface area contributed by atoms with E-state index in [0.29, 0.717) is 6.42 Å². The number of esters is 1. The molecule has 0 aromatic carbocycles. The average Bonchev–Trinajstić information content (AvgIpc) is 2.04. The Bertz CT molecular complexity index is 170. The van der Waals surface area contributed by atoms with Crippen LogP contribution in [0.5, 0.6) is 0 Å². The first kappa shape index (κ1) is 10.9. The quantitative estimate of drug-likeness (QED) is 0.524. The van der Waals surface area contributed by atoms with Gasteiger partial charge in [0.25, 0.3) is 0 Å². The molecule has 5 nitrogen and oxygen atoms in total. The topological polar surface area (TPSA) is 81.4 Å². The lowest BCUT2D eigenvalue weighted by molar-refractivity contribution is -0.139. The SMILES string of the molecule is CCC(NCC(=O)OC)C(N)=O. The first-order chi connectivity index (χ1) is 5.61. The normalized spacial score (nSPS) is 12.2. The van der Waals surface area contributed by atoms with E-state index in [2.05, 4.69) is 10.1 Å². The van der Waals surface area contributed by atoms with Crippen LogP contribution in [0.25, 0.3) is 0 Å². The second kappa shape index (κ2) is 5.54. The molecule has 0 rings (SSSR count). The molecule has 1 amide bonds. The lowest BCUT2D eigenvalue weighted by Crippen LogP contribution is -2.43. The number of carbonyl (C=O) groups excluding carboxylic acids is 2. The molecule has 0 spiro atoms. The molecule has 12 heavy (non-hydrogen) atoms. The largest absolute Gasteiger partial charge is 0.468 e. The Morgan fingerprint density at radius 2 is 2.17 bits per heavy atom. The van der Waals surface area contributed by atoms with Gasteiger partial charge in [0.15, 0.2) is 0 Å². The molecule has 5 heteroatoms. The van der Waals surface area contributed by atoms with Crippen molar-refractivity contribution in [2.45, 2.75) is 19.4 Å². The Morgan fingerprint density at radius 3 is 2.50 bits per heavy atom. The van der Waals surface area contributed by atoms with Crippen LogP contribution < -0.4 is 11.1 Å². The fourth-order valence-electron chi connectivity index (χ4n) is 0.725. The highest BCUT2D eigenvalue weighted by molar-refractivity contribution is 5.80. The summed E-state index contributed by atoms with van der Waals surface area (Å²) < 4.78 is 4.37. The number of rotatable bonds is 5. The number of nitrogens with one attached hydrogen (secondary N) is 1. The van der Waals surface area contributed by atoms with E-state index < -0.39 is 17.9 Å². The van der Waals surface area contributed by atoms with Crippen LogP contribution in [0.15, 0.2) is 0 Å². The van der Waals surface area contributed by atoms with Crippen LogP contribution in [-0.4, -0.2) is 31.6 Å². The third kappa shape index (κ3) is 3.92. The van der Waals surface area contributed by atoms with Gasteiger partial charge < -0.3 is 10.5 Å². The van der Waals surface area contributed by atoms with Crippen molar-refractivity contribution in [3.05, 3.63) is 0 Å². The number of amides is 1. The zero-order chi connectivity index (χ0) is 9.56. The number of hydrogen-bond acceptors (Lipinski definition) is 4. The van der Waals surface area contributed by atoms with Gasteiger partial charge in [0.1, 0.15) is 0 Å². The smallest absolute Gasteiger partial charge is 0.319 e. The minimum absolute atomic E-state index is 0.0119. The van der Waals surface area contributed by atoms with E-state index in [1.807, 2.05) is 0 Å². The van der Waals surface area contributed by atoms with Crippen molar-refractivity contribution in [2.75, 3.05) is 13.7 Å². The zero-order valence-corrected chi connectivity index (χ0v) is 7.29. The summed E-state index contributed by atoms with van der Waals surface area (Å²) >= 11 is 0. The third-order valence-corrected chi connectivity index (χ3v) is 1.47. The van der Waals surface area contributed by atoms with E-state index in [-0.39, 0.29) is 6.54 Å². The molecule has 0 aromatic heterocycles. The van der Waals surface area contributed by atoms with Gasteiger partial charge in [0, 0.05) is 0 Å². The van der Waals surface area contributed by atoms with Crippen molar-refractivity contribution < 1.29 is 14.3 Å². The van der Waals surface area contributed by atoms with Crippen molar-refractivity contribution >= 4 is 11.9 Å². The maximum absolute atomic E-state index is 10.6. The van der Waals surface area contributed by atoms with E-state index in [1.54, 1.807) is 6.92 Å². The Kier molecular flexibility index (Phi) is 5.03. The van der Waals surface area contributed by atoms with E-state index in [0.717, 1.165) is 0 Å². The number of nitrogens with two attached hydrogens (primary N) is 1. The Balaban J connectivity index is 3.73. The molecule has 0 aromatic rings. The molecule has 0 bridgehead atoms. The molecule has 0 aliphatic rings. The van der Waals surface area contributed by atoms with Gasteiger partial charge in [-0.3, -0.25) is 14.9 Å². The van der Waals surface area contributed by atoms with Gasteiger partial charge in [0.2, 0.25) is 5.91 Å². The standard InChI is InChI=1S/C7H14N2O3/c1-3-5(7(8)11)9-4-6(10)12-2/h5,9H,3-4H2,1-2H3,(H2,8,11). The predicted octanol–water partition coefficient (Wildman–Crippen LogP) is -0.987. The summed E-state index contributed by atoms with van der Waals surface area (Å²) in [7, 11) is 1.29. The fraction of sp³-hybridized carbons (Fsp3) is 0.714. The fourth-order valence-corrected chi connectivity index (χ4v) is 0.725. The van der Waals surface area contributed by atoms with E-state index >= 15 is 0 Å². The molecule has 0 saturated carbocycles. The van der Waals surface area contributed by atoms with Crippen molar-refractivity contribution in [1.82, 2.24) is 5.32 Å². The summed E-state index contributed by atoms with van der Waals surface area (Å²) in [5.74, 6) is -0.865. The maximum Gasteiger partial charge on any atom is 0.319 e. The molecule has 1 unspecified atom stereocenters. The van der Waals surface area contributed by atoms with Gasteiger partial charge in [0.05, 0.1) is 19.7 Å². The second-order valence-electron chi connectivity index (χ2n) is 2.32. The van der Waals surface area contributed by atoms with E-state index in [1.165, 1.54) is 7.11 Å². The van der Waals surface area contributed by atoms with Gasteiger partial charge >= 0.3 is 5.97 Å². The minimum Gasteiger partial charge on any atom is -0.468 e. The molecule has 0 aliphatic heterocycles. The Hall–Kier alpha value is -1.10. The molecule has 0 aliphatic carbocycles. The van der Waals surface area contributed by atoms with Crippen LogP contribution in [0.2, 0.25) is 0 Å². The molecule has 3 N–H and O–H groups in total. The molecule has 70 valence electrons. The lowest BCUT2D eigenvalue weighted by atomic mass is 10.2. The van der Waals surface area contributed by atoms with Crippen molar-refractivity contribution in [1.29, 1.82) is 0 Å². The molecule has 0 radical (unpaired) electrons. The van der Waals surface area contributed by atoms with Crippen LogP contribution in [0, 0.1) is 0 Å². The third-order valence-electron chi connectivity index (χ3n) is 1.47. The van der Waals surface area contributed by atoms with Gasteiger partial charge in [-0.15, -0.1) is 0 Å². The van der Waals surface area contributed by atoms with Crippen molar-refractivity contribution in [2.24, 2.45) is 5.73 Å². The van der Waals surface area contributed by atoms with Crippen LogP contribution in [-0.2, 0) is 14.3 Å². The predicted molar refractivity (Wildman–Crippen MR) is 43.3 cm³/mol. The highest BCUT2D eigenvalue weighted by atomic mass is 16.5. The number of methoxy groups -OCH3 is 1.